The predicted molar refractivity (Wildman–Crippen MR) is 63.3 cm³/mol. The molecular weight excluding hydrogens is 240 g/mol. The number of nitrogens with zero attached hydrogens (tertiary/aromatic N) is 2. The number of allylic oxidation sites excluding steroid dienone is 2. The molecule has 1 aliphatic carbocycles. The zero-order valence-electron chi connectivity index (χ0n) is 8.90. The molecule has 0 saturated heterocycles. The van der Waals surface area contributed by atoms with Gasteiger partial charge in [0.15, 0.2) is 0 Å². The van der Waals surface area contributed by atoms with Gasteiger partial charge in [0, 0.05) is 18.2 Å². The molecule has 4 nitrogen and oxygen atoms in total. The van der Waals surface area contributed by atoms with E-state index in [1.807, 2.05) is 0 Å². The maximum atomic E-state index is 12.0. The van der Waals surface area contributed by atoms with E-state index in [9.17, 15) is 9.59 Å². The van der Waals surface area contributed by atoms with Gasteiger partial charge in [0.1, 0.15) is 10.7 Å². The second-order valence-electron chi connectivity index (χ2n) is 3.84. The van der Waals surface area contributed by atoms with E-state index in [0.717, 1.165) is 0 Å². The molecule has 1 aromatic carbocycles. The highest BCUT2D eigenvalue weighted by Gasteiger charge is 2.37. The highest BCUT2D eigenvalue weighted by Crippen LogP contribution is 2.33. The topological polar surface area (TPSA) is 49.7 Å². The van der Waals surface area contributed by atoms with Crippen molar-refractivity contribution in [3.05, 3.63) is 46.1 Å². The first-order chi connectivity index (χ1) is 8.11. The Morgan fingerprint density at radius 3 is 2.53 bits per heavy atom. The summed E-state index contributed by atoms with van der Waals surface area (Å²) in [5.41, 5.74) is 2.04. The first-order valence-electron chi connectivity index (χ1n) is 5.02. The van der Waals surface area contributed by atoms with Crippen LogP contribution in [-0.2, 0) is 0 Å². The molecule has 0 unspecified atom stereocenters. The van der Waals surface area contributed by atoms with E-state index in [4.69, 9.17) is 11.6 Å². The molecule has 2 aliphatic rings. The predicted octanol–water partition coefficient (Wildman–Crippen LogP) is 2.19. The van der Waals surface area contributed by atoms with Gasteiger partial charge in [-0.15, -0.1) is 0 Å². The molecule has 0 fully saturated rings. The molecular formula is C12H7ClN2O2. The molecule has 1 aliphatic heterocycles. The second-order valence-corrected chi connectivity index (χ2v) is 4.22. The van der Waals surface area contributed by atoms with Crippen LogP contribution in [0.5, 0.6) is 0 Å². The van der Waals surface area contributed by atoms with Crippen LogP contribution in [0.15, 0.2) is 40.0 Å². The van der Waals surface area contributed by atoms with Crippen LogP contribution in [0, 0.1) is 0 Å². The molecule has 0 radical (unpaired) electrons. The van der Waals surface area contributed by atoms with E-state index in [-0.39, 0.29) is 10.8 Å². The lowest BCUT2D eigenvalue weighted by Gasteiger charge is -2.19. The van der Waals surface area contributed by atoms with Crippen molar-refractivity contribution < 1.29 is 9.59 Å². The molecule has 0 aromatic heterocycles. The molecule has 0 saturated carbocycles. The number of Topliss-reactive ketones (excluding diaryl/α,β-unsaturated/α-hetero) is 1. The minimum atomic E-state index is -0.405. The van der Waals surface area contributed by atoms with E-state index < -0.39 is 6.03 Å². The summed E-state index contributed by atoms with van der Waals surface area (Å²) in [4.78, 5) is 28.8. The molecule has 3 rings (SSSR count). The summed E-state index contributed by atoms with van der Waals surface area (Å²) >= 11 is 6.01. The van der Waals surface area contributed by atoms with Gasteiger partial charge in [-0.05, 0) is 0 Å². The van der Waals surface area contributed by atoms with Crippen molar-refractivity contribution in [1.29, 1.82) is 0 Å². The van der Waals surface area contributed by atoms with Crippen molar-refractivity contribution in [2.45, 2.75) is 0 Å². The first kappa shape index (κ1) is 10.2. The van der Waals surface area contributed by atoms with Crippen molar-refractivity contribution in [3.8, 4) is 0 Å². The summed E-state index contributed by atoms with van der Waals surface area (Å²) in [5, 5.41) is 0.0517. The quantitative estimate of drug-likeness (QED) is 0.705. The number of benzene rings is 1. The van der Waals surface area contributed by atoms with Gasteiger partial charge >= 0.3 is 6.03 Å². The van der Waals surface area contributed by atoms with Gasteiger partial charge < -0.3 is 0 Å². The van der Waals surface area contributed by atoms with Crippen LogP contribution in [0.3, 0.4) is 0 Å². The van der Waals surface area contributed by atoms with Gasteiger partial charge in [0.05, 0.1) is 5.70 Å². The number of aliphatic imine (C=N–C) groups is 1. The van der Waals surface area contributed by atoms with E-state index in [2.05, 4.69) is 4.99 Å². The lowest BCUT2D eigenvalue weighted by molar-refractivity contribution is 0.103. The number of likely N-dealkylation sites (N-methyl/N-ethyl adjacent to an activating group) is 1. The number of fused-ring (bicyclic) bond motifs is 3. The molecule has 0 spiro atoms. The van der Waals surface area contributed by atoms with Gasteiger partial charge in [0.25, 0.3) is 0 Å². The van der Waals surface area contributed by atoms with Crippen LogP contribution in [0.1, 0.15) is 15.9 Å². The van der Waals surface area contributed by atoms with Crippen molar-refractivity contribution in [2.24, 2.45) is 4.99 Å². The van der Waals surface area contributed by atoms with Crippen LogP contribution in [0.25, 0.3) is 0 Å². The number of hydrogen-bond donors (Lipinski definition) is 0. The number of hydrogen-bond acceptors (Lipinski definition) is 2. The number of urea groups is 1. The Labute approximate surface area is 102 Å². The molecule has 0 N–H and O–H groups in total. The molecule has 0 atom stereocenters. The molecule has 17 heavy (non-hydrogen) atoms. The summed E-state index contributed by atoms with van der Waals surface area (Å²) in [6, 6.07) is 6.60. The van der Waals surface area contributed by atoms with Crippen LogP contribution in [-0.4, -0.2) is 29.5 Å². The van der Waals surface area contributed by atoms with Crippen LogP contribution in [0.2, 0.25) is 0 Å². The van der Waals surface area contributed by atoms with E-state index in [1.54, 1.807) is 31.3 Å². The Bertz CT molecular complexity index is 631. The highest BCUT2D eigenvalue weighted by molar-refractivity contribution is 6.51. The lowest BCUT2D eigenvalue weighted by Crippen LogP contribution is -2.26. The summed E-state index contributed by atoms with van der Waals surface area (Å²) in [6.07, 6.45) is 0. The number of halogens is 1. The van der Waals surface area contributed by atoms with Crippen LogP contribution >= 0.6 is 11.6 Å². The average Bonchev–Trinajstić information content (AvgIpc) is 2.63. The molecule has 2 amide bonds. The second kappa shape index (κ2) is 3.28. The zero-order valence-corrected chi connectivity index (χ0v) is 9.65. The van der Waals surface area contributed by atoms with Crippen molar-refractivity contribution in [1.82, 2.24) is 4.90 Å². The standard InChI is InChI=1S/C12H7ClN2O2/c1-15-10-8(13)11(16)7-5-3-2-4-6(7)9(10)14-12(15)17/h2-5H,1H3. The Morgan fingerprint density at radius 1 is 1.18 bits per heavy atom. The van der Waals surface area contributed by atoms with E-state index >= 15 is 0 Å². The highest BCUT2D eigenvalue weighted by atomic mass is 35.5. The third-order valence-electron chi connectivity index (χ3n) is 2.89. The van der Waals surface area contributed by atoms with E-state index in [0.29, 0.717) is 22.5 Å². The Kier molecular flexibility index (Phi) is 1.97. The van der Waals surface area contributed by atoms with E-state index in [1.165, 1.54) is 4.90 Å². The number of amides is 2. The van der Waals surface area contributed by atoms with Gasteiger partial charge in [0.2, 0.25) is 5.78 Å². The smallest absolute Gasteiger partial charge is 0.292 e. The van der Waals surface area contributed by atoms with Gasteiger partial charge in [-0.25, -0.2) is 4.79 Å². The van der Waals surface area contributed by atoms with Gasteiger partial charge in [-0.2, -0.15) is 4.99 Å². The zero-order chi connectivity index (χ0) is 12.2. The average molecular weight is 247 g/mol. The van der Waals surface area contributed by atoms with Crippen molar-refractivity contribution in [3.63, 3.8) is 0 Å². The normalized spacial score (nSPS) is 18.2. The Balaban J connectivity index is 2.35. The molecule has 5 heteroatoms. The third kappa shape index (κ3) is 1.21. The van der Waals surface area contributed by atoms with Crippen LogP contribution < -0.4 is 0 Å². The molecule has 0 bridgehead atoms. The maximum absolute atomic E-state index is 12.0. The number of rotatable bonds is 0. The minimum absolute atomic E-state index is 0.0517. The lowest BCUT2D eigenvalue weighted by atomic mass is 9.92. The number of carbonyl (C=O) groups is 2. The largest absolute Gasteiger partial charge is 0.348 e. The SMILES string of the molecule is CN1C(=O)N=C2C1=C(Cl)C(=O)c1ccccc12. The maximum Gasteiger partial charge on any atom is 0.348 e. The number of carbonyl (C=O) groups excluding carboxylic acids is 2. The fraction of sp³-hybridized carbons (Fsp3) is 0.0833. The van der Waals surface area contributed by atoms with Gasteiger partial charge in [-0.3, -0.25) is 9.69 Å². The minimum Gasteiger partial charge on any atom is -0.292 e. The Hall–Kier alpha value is -1.94. The first-order valence-corrected chi connectivity index (χ1v) is 5.39. The molecule has 1 heterocycles. The van der Waals surface area contributed by atoms with Crippen molar-refractivity contribution in [2.75, 3.05) is 7.05 Å². The molecule has 1 aromatic rings. The number of ketones is 1. The summed E-state index contributed by atoms with van der Waals surface area (Å²) in [6.45, 7) is 0. The van der Waals surface area contributed by atoms with Crippen LogP contribution in [0.4, 0.5) is 4.79 Å². The fourth-order valence-corrected chi connectivity index (χ4v) is 2.35. The monoisotopic (exact) mass is 246 g/mol. The summed E-state index contributed by atoms with van der Waals surface area (Å²) in [7, 11) is 1.55. The summed E-state index contributed by atoms with van der Waals surface area (Å²) < 4.78 is 0. The molecule has 84 valence electrons. The summed E-state index contributed by atoms with van der Waals surface area (Å²) in [5.74, 6) is -0.266. The Morgan fingerprint density at radius 2 is 1.82 bits per heavy atom. The third-order valence-corrected chi connectivity index (χ3v) is 3.24. The van der Waals surface area contributed by atoms with Gasteiger partial charge in [-0.1, -0.05) is 35.9 Å². The van der Waals surface area contributed by atoms with Crippen molar-refractivity contribution >= 4 is 29.1 Å². The fourth-order valence-electron chi connectivity index (χ4n) is 2.03.